The van der Waals surface area contributed by atoms with Gasteiger partial charge in [0.1, 0.15) is 0 Å². The standard InChI is InChI=1S/C13H13F3N2O/c14-13(15,16)9-3-4-11-10(5-9)17-12(19)7-18(11)6-8-1-2-8/h3-5,8H,1-2,6-7H2,(H,17,19). The van der Waals surface area contributed by atoms with Gasteiger partial charge in [0.05, 0.1) is 23.5 Å². The topological polar surface area (TPSA) is 32.3 Å². The monoisotopic (exact) mass is 270 g/mol. The quantitative estimate of drug-likeness (QED) is 0.896. The van der Waals surface area contributed by atoms with Crippen LogP contribution in [0.25, 0.3) is 0 Å². The van der Waals surface area contributed by atoms with Crippen LogP contribution in [-0.2, 0) is 11.0 Å². The lowest BCUT2D eigenvalue weighted by molar-refractivity contribution is -0.137. The normalized spacial score (nSPS) is 19.1. The average molecular weight is 270 g/mol. The molecule has 0 aromatic heterocycles. The van der Waals surface area contributed by atoms with Gasteiger partial charge >= 0.3 is 6.18 Å². The fourth-order valence-electron chi connectivity index (χ4n) is 2.31. The number of alkyl halides is 3. The van der Waals surface area contributed by atoms with E-state index in [-0.39, 0.29) is 18.1 Å². The van der Waals surface area contributed by atoms with Crippen molar-refractivity contribution in [3.63, 3.8) is 0 Å². The smallest absolute Gasteiger partial charge is 0.360 e. The van der Waals surface area contributed by atoms with Crippen LogP contribution in [0.4, 0.5) is 24.5 Å². The summed E-state index contributed by atoms with van der Waals surface area (Å²) in [5, 5.41) is 2.52. The third-order valence-electron chi connectivity index (χ3n) is 3.45. The molecule has 1 saturated carbocycles. The molecule has 102 valence electrons. The number of hydrogen-bond donors (Lipinski definition) is 1. The molecule has 0 unspecified atom stereocenters. The van der Waals surface area contributed by atoms with Gasteiger partial charge in [0.25, 0.3) is 0 Å². The van der Waals surface area contributed by atoms with Crippen LogP contribution in [0, 0.1) is 5.92 Å². The van der Waals surface area contributed by atoms with Crippen molar-refractivity contribution in [2.24, 2.45) is 5.92 Å². The van der Waals surface area contributed by atoms with E-state index in [1.807, 2.05) is 4.90 Å². The number of anilines is 2. The van der Waals surface area contributed by atoms with E-state index in [2.05, 4.69) is 5.32 Å². The number of carbonyl (C=O) groups is 1. The first-order valence-electron chi connectivity index (χ1n) is 6.19. The molecule has 19 heavy (non-hydrogen) atoms. The molecule has 3 nitrogen and oxygen atoms in total. The van der Waals surface area contributed by atoms with Crippen LogP contribution in [0.3, 0.4) is 0 Å². The highest BCUT2D eigenvalue weighted by atomic mass is 19.4. The van der Waals surface area contributed by atoms with Crippen molar-refractivity contribution >= 4 is 17.3 Å². The Hall–Kier alpha value is -1.72. The van der Waals surface area contributed by atoms with Gasteiger partial charge in [-0.3, -0.25) is 4.79 Å². The van der Waals surface area contributed by atoms with E-state index in [0.29, 0.717) is 11.6 Å². The molecule has 0 atom stereocenters. The molecule has 1 aromatic carbocycles. The first-order chi connectivity index (χ1) is 8.93. The minimum atomic E-state index is -4.39. The summed E-state index contributed by atoms with van der Waals surface area (Å²) < 4.78 is 37.9. The summed E-state index contributed by atoms with van der Waals surface area (Å²) in [7, 11) is 0. The van der Waals surface area contributed by atoms with E-state index >= 15 is 0 Å². The summed E-state index contributed by atoms with van der Waals surface area (Å²) in [6.07, 6.45) is -2.12. The lowest BCUT2D eigenvalue weighted by atomic mass is 10.1. The van der Waals surface area contributed by atoms with Crippen molar-refractivity contribution < 1.29 is 18.0 Å². The van der Waals surface area contributed by atoms with Gasteiger partial charge in [-0.05, 0) is 37.0 Å². The molecule has 1 fully saturated rings. The number of benzene rings is 1. The van der Waals surface area contributed by atoms with Crippen molar-refractivity contribution in [1.82, 2.24) is 0 Å². The van der Waals surface area contributed by atoms with Crippen molar-refractivity contribution in [2.75, 3.05) is 23.3 Å². The summed E-state index contributed by atoms with van der Waals surface area (Å²) in [4.78, 5) is 13.4. The van der Waals surface area contributed by atoms with Gasteiger partial charge < -0.3 is 10.2 Å². The van der Waals surface area contributed by atoms with Gasteiger partial charge in [0, 0.05) is 6.54 Å². The maximum absolute atomic E-state index is 12.6. The van der Waals surface area contributed by atoms with Crippen LogP contribution < -0.4 is 10.2 Å². The summed E-state index contributed by atoms with van der Waals surface area (Å²) in [5.74, 6) is 0.313. The molecule has 1 aromatic rings. The fourth-order valence-corrected chi connectivity index (χ4v) is 2.31. The second-order valence-electron chi connectivity index (χ2n) is 5.10. The Kier molecular flexibility index (Phi) is 2.69. The van der Waals surface area contributed by atoms with Crippen molar-refractivity contribution in [3.05, 3.63) is 23.8 Å². The van der Waals surface area contributed by atoms with Crippen LogP contribution in [0.1, 0.15) is 18.4 Å². The van der Waals surface area contributed by atoms with Crippen molar-refractivity contribution in [2.45, 2.75) is 19.0 Å². The highest BCUT2D eigenvalue weighted by Gasteiger charge is 2.34. The molecule has 0 bridgehead atoms. The Morgan fingerprint density at radius 2 is 2.05 bits per heavy atom. The molecular formula is C13H13F3N2O. The zero-order valence-corrected chi connectivity index (χ0v) is 10.1. The molecule has 0 saturated heterocycles. The van der Waals surface area contributed by atoms with E-state index in [1.54, 1.807) is 0 Å². The van der Waals surface area contributed by atoms with E-state index in [4.69, 9.17) is 0 Å². The molecule has 0 spiro atoms. The summed E-state index contributed by atoms with van der Waals surface area (Å²) >= 11 is 0. The molecule has 3 rings (SSSR count). The molecular weight excluding hydrogens is 257 g/mol. The van der Waals surface area contributed by atoms with E-state index in [0.717, 1.165) is 31.5 Å². The lowest BCUT2D eigenvalue weighted by Gasteiger charge is -2.31. The van der Waals surface area contributed by atoms with Gasteiger partial charge in [-0.15, -0.1) is 0 Å². The number of nitrogens with zero attached hydrogens (tertiary/aromatic N) is 1. The van der Waals surface area contributed by atoms with Gasteiger partial charge in [0.2, 0.25) is 5.91 Å². The Morgan fingerprint density at radius 3 is 2.68 bits per heavy atom. The van der Waals surface area contributed by atoms with Crippen LogP contribution >= 0.6 is 0 Å². The molecule has 1 heterocycles. The summed E-state index contributed by atoms with van der Waals surface area (Å²) in [6, 6.07) is 3.52. The highest BCUT2D eigenvalue weighted by Crippen LogP contribution is 2.39. The summed E-state index contributed by atoms with van der Waals surface area (Å²) in [5.41, 5.74) is 0.200. The summed E-state index contributed by atoms with van der Waals surface area (Å²) in [6.45, 7) is 0.959. The number of fused-ring (bicyclic) bond motifs is 1. The SMILES string of the molecule is O=C1CN(CC2CC2)c2ccc(C(F)(F)F)cc2N1. The predicted octanol–water partition coefficient (Wildman–Crippen LogP) is 2.87. The minimum absolute atomic E-state index is 0.217. The van der Waals surface area contributed by atoms with Gasteiger partial charge in [0.15, 0.2) is 0 Å². The molecule has 6 heteroatoms. The van der Waals surface area contributed by atoms with E-state index in [1.165, 1.54) is 6.07 Å². The number of nitrogens with one attached hydrogen (secondary N) is 1. The van der Waals surface area contributed by atoms with Crippen LogP contribution in [0.2, 0.25) is 0 Å². The molecule has 1 amide bonds. The molecule has 1 aliphatic heterocycles. The molecule has 1 aliphatic carbocycles. The number of carbonyl (C=O) groups excluding carboxylic acids is 1. The number of hydrogen-bond acceptors (Lipinski definition) is 2. The Morgan fingerprint density at radius 1 is 1.32 bits per heavy atom. The van der Waals surface area contributed by atoms with Gasteiger partial charge in [-0.2, -0.15) is 13.2 Å². The average Bonchev–Trinajstić information content (AvgIpc) is 3.10. The number of rotatable bonds is 2. The first kappa shape index (κ1) is 12.3. The maximum Gasteiger partial charge on any atom is 0.416 e. The van der Waals surface area contributed by atoms with Crippen LogP contribution in [0.5, 0.6) is 0 Å². The minimum Gasteiger partial charge on any atom is -0.360 e. The molecule has 1 N–H and O–H groups in total. The van der Waals surface area contributed by atoms with Gasteiger partial charge in [-0.25, -0.2) is 0 Å². The zero-order valence-electron chi connectivity index (χ0n) is 10.1. The first-order valence-corrected chi connectivity index (χ1v) is 6.19. The maximum atomic E-state index is 12.6. The molecule has 2 aliphatic rings. The van der Waals surface area contributed by atoms with E-state index < -0.39 is 11.7 Å². The van der Waals surface area contributed by atoms with Crippen molar-refractivity contribution in [3.8, 4) is 0 Å². The number of halogens is 3. The van der Waals surface area contributed by atoms with Gasteiger partial charge in [-0.1, -0.05) is 0 Å². The molecule has 0 radical (unpaired) electrons. The number of amides is 1. The Bertz CT molecular complexity index is 523. The van der Waals surface area contributed by atoms with Crippen molar-refractivity contribution in [1.29, 1.82) is 0 Å². The Balaban J connectivity index is 1.94. The second kappa shape index (κ2) is 4.15. The third-order valence-corrected chi connectivity index (χ3v) is 3.45. The third kappa shape index (κ3) is 2.52. The predicted molar refractivity (Wildman–Crippen MR) is 65.0 cm³/mol. The van der Waals surface area contributed by atoms with Crippen LogP contribution in [-0.4, -0.2) is 19.0 Å². The highest BCUT2D eigenvalue weighted by molar-refractivity contribution is 6.01. The Labute approximate surface area is 108 Å². The largest absolute Gasteiger partial charge is 0.416 e. The lowest BCUT2D eigenvalue weighted by Crippen LogP contribution is -2.39. The van der Waals surface area contributed by atoms with Crippen LogP contribution in [0.15, 0.2) is 18.2 Å². The second-order valence-corrected chi connectivity index (χ2v) is 5.10. The zero-order chi connectivity index (χ0) is 13.6. The fraction of sp³-hybridized carbons (Fsp3) is 0.462. The van der Waals surface area contributed by atoms with E-state index in [9.17, 15) is 18.0 Å².